The van der Waals surface area contributed by atoms with Gasteiger partial charge in [0.1, 0.15) is 24.9 Å². The normalized spacial score (nSPS) is 13.8. The Hall–Kier alpha value is 0.0900. The van der Waals surface area contributed by atoms with Crippen molar-refractivity contribution < 1.29 is 37.3 Å². The van der Waals surface area contributed by atoms with Gasteiger partial charge in [-0.3, -0.25) is 0 Å². The summed E-state index contributed by atoms with van der Waals surface area (Å²) in [6.45, 7) is 6.46. The molecular formula is C42H88ClNO4. The maximum Gasteiger partial charge on any atom is 0.131 e. The average molecular weight is 707 g/mol. The number of likely N-dealkylation sites (N-methyl/N-ethyl adjacent to an activating group) is 1. The molecule has 0 saturated heterocycles. The van der Waals surface area contributed by atoms with Crippen LogP contribution in [-0.4, -0.2) is 76.5 Å². The van der Waals surface area contributed by atoms with Crippen LogP contribution in [-0.2, 0) is 0 Å². The number of rotatable bonds is 39. The summed E-state index contributed by atoms with van der Waals surface area (Å²) >= 11 is 0. The molecule has 0 rings (SSSR count). The highest BCUT2D eigenvalue weighted by molar-refractivity contribution is 4.74. The van der Waals surface area contributed by atoms with Crippen LogP contribution < -0.4 is 12.4 Å². The van der Waals surface area contributed by atoms with Gasteiger partial charge in [0.05, 0.1) is 26.7 Å². The summed E-state index contributed by atoms with van der Waals surface area (Å²) in [4.78, 5) is 0. The molecule has 0 spiro atoms. The summed E-state index contributed by atoms with van der Waals surface area (Å²) in [7, 11) is 2.21. The average Bonchev–Trinajstić information content (AvgIpc) is 3.07. The first-order valence-electron chi connectivity index (χ1n) is 21.4. The fourth-order valence-electron chi connectivity index (χ4n) is 7.30. The van der Waals surface area contributed by atoms with Crippen molar-refractivity contribution in [3.8, 4) is 0 Å². The highest BCUT2D eigenvalue weighted by Crippen LogP contribution is 2.18. The number of nitrogens with zero attached hydrogens (tertiary/aromatic N) is 1. The molecule has 0 aliphatic carbocycles. The number of unbranched alkanes of at least 4 members (excludes halogenated alkanes) is 30. The van der Waals surface area contributed by atoms with E-state index in [2.05, 4.69) is 20.9 Å². The minimum Gasteiger partial charge on any atom is -1.00 e. The van der Waals surface area contributed by atoms with Crippen LogP contribution in [0.2, 0.25) is 0 Å². The van der Waals surface area contributed by atoms with Crippen molar-refractivity contribution in [1.29, 1.82) is 0 Å². The maximum absolute atomic E-state index is 10.7. The van der Waals surface area contributed by atoms with Gasteiger partial charge in [-0.2, -0.15) is 0 Å². The Bertz CT molecular complexity index is 574. The molecule has 0 amide bonds. The van der Waals surface area contributed by atoms with Gasteiger partial charge >= 0.3 is 0 Å². The molecular weight excluding hydrogens is 618 g/mol. The van der Waals surface area contributed by atoms with Gasteiger partial charge in [-0.15, -0.1) is 0 Å². The first-order valence-corrected chi connectivity index (χ1v) is 21.4. The summed E-state index contributed by atoms with van der Waals surface area (Å²) in [5.74, 6) is 0. The topological polar surface area (TPSA) is 80.9 Å². The van der Waals surface area contributed by atoms with E-state index in [0.29, 0.717) is 6.54 Å². The third-order valence-electron chi connectivity index (χ3n) is 10.7. The minimum atomic E-state index is -1.30. The molecule has 0 radical (unpaired) electrons. The molecule has 3 atom stereocenters. The molecule has 0 aromatic heterocycles. The summed E-state index contributed by atoms with van der Waals surface area (Å²) < 4.78 is 0.730. The van der Waals surface area contributed by atoms with E-state index in [9.17, 15) is 20.4 Å². The van der Waals surface area contributed by atoms with Crippen molar-refractivity contribution in [2.24, 2.45) is 0 Å². The molecule has 0 aromatic carbocycles. The van der Waals surface area contributed by atoms with Crippen LogP contribution in [0.15, 0.2) is 0 Å². The fraction of sp³-hybridized carbons (Fsp3) is 1.00. The highest BCUT2D eigenvalue weighted by atomic mass is 35.5. The number of aliphatic hydroxyl groups is 4. The van der Waals surface area contributed by atoms with Gasteiger partial charge in [-0.1, -0.05) is 194 Å². The Balaban J connectivity index is 0. The SMILES string of the molecule is CCCCCCCCCCCCCCCCCC[N+](C)(CCCCCCCCCCCCCCCCCC)C[C@@H](O)[C@H](O)[C@H](O)CO.[Cl-]. The molecule has 0 fully saturated rings. The van der Waals surface area contributed by atoms with E-state index in [0.717, 1.165) is 30.4 Å². The summed E-state index contributed by atoms with van der Waals surface area (Å²) in [6.07, 6.45) is 40.0. The zero-order valence-electron chi connectivity index (χ0n) is 32.8. The molecule has 0 aliphatic rings. The Morgan fingerprint density at radius 3 is 0.833 bits per heavy atom. The lowest BCUT2D eigenvalue weighted by Crippen LogP contribution is -3.00. The van der Waals surface area contributed by atoms with Crippen LogP contribution in [0.1, 0.15) is 219 Å². The lowest BCUT2D eigenvalue weighted by atomic mass is 10.0. The zero-order chi connectivity index (χ0) is 34.7. The molecule has 0 bridgehead atoms. The first kappa shape index (κ1) is 50.2. The third kappa shape index (κ3) is 33.2. The van der Waals surface area contributed by atoms with Crippen LogP contribution in [0.3, 0.4) is 0 Å². The largest absolute Gasteiger partial charge is 1.00 e. The Kier molecular flexibility index (Phi) is 40.1. The Morgan fingerprint density at radius 2 is 0.604 bits per heavy atom. The molecule has 0 aromatic rings. The molecule has 292 valence electrons. The predicted octanol–water partition coefficient (Wildman–Crippen LogP) is 8.04. The van der Waals surface area contributed by atoms with Gasteiger partial charge in [0.15, 0.2) is 0 Å². The van der Waals surface area contributed by atoms with Gasteiger partial charge in [-0.05, 0) is 25.7 Å². The van der Waals surface area contributed by atoms with Gasteiger partial charge in [0.2, 0.25) is 0 Å². The quantitative estimate of drug-likeness (QED) is 0.0386. The summed E-state index contributed by atoms with van der Waals surface area (Å²) in [6, 6.07) is 0. The number of quaternary nitrogens is 1. The second-order valence-corrected chi connectivity index (χ2v) is 15.7. The van der Waals surface area contributed by atoms with Crippen molar-refractivity contribution >= 4 is 0 Å². The van der Waals surface area contributed by atoms with E-state index in [1.165, 1.54) is 193 Å². The summed E-state index contributed by atoms with van der Waals surface area (Å²) in [5.41, 5.74) is 0. The van der Waals surface area contributed by atoms with E-state index >= 15 is 0 Å². The molecule has 48 heavy (non-hydrogen) atoms. The van der Waals surface area contributed by atoms with Gasteiger partial charge in [0, 0.05) is 0 Å². The molecule has 4 N–H and O–H groups in total. The van der Waals surface area contributed by atoms with E-state index < -0.39 is 24.9 Å². The molecule has 0 saturated carbocycles. The van der Waals surface area contributed by atoms with Gasteiger partial charge in [-0.25, -0.2) is 0 Å². The van der Waals surface area contributed by atoms with Crippen LogP contribution in [0, 0.1) is 0 Å². The smallest absolute Gasteiger partial charge is 0.131 e. The van der Waals surface area contributed by atoms with E-state index in [-0.39, 0.29) is 12.4 Å². The van der Waals surface area contributed by atoms with Gasteiger partial charge in [0.25, 0.3) is 0 Å². The van der Waals surface area contributed by atoms with Crippen LogP contribution in [0.5, 0.6) is 0 Å². The van der Waals surface area contributed by atoms with Crippen LogP contribution in [0.4, 0.5) is 0 Å². The standard InChI is InChI=1S/C42H88NO4.ClH/c1-4-6-8-10-12-14-16-18-20-22-24-26-28-30-32-34-36-43(3,38-40(45)42(47)41(46)39-44)37-35-33-31-29-27-25-23-21-19-17-15-13-11-9-7-5-2;/h40-42,44-47H,4-39H2,1-3H3;1H/q+1;/p-1/t40-,41-,42+;/m1./s1. The highest BCUT2D eigenvalue weighted by Gasteiger charge is 2.32. The van der Waals surface area contributed by atoms with E-state index in [1.54, 1.807) is 0 Å². The molecule has 6 heteroatoms. The maximum atomic E-state index is 10.7. The molecule has 5 nitrogen and oxygen atoms in total. The number of hydrogen-bond donors (Lipinski definition) is 4. The number of hydrogen-bond acceptors (Lipinski definition) is 4. The molecule has 0 aliphatic heterocycles. The van der Waals surface area contributed by atoms with Crippen molar-refractivity contribution in [1.82, 2.24) is 0 Å². The minimum absolute atomic E-state index is 0. The van der Waals surface area contributed by atoms with Crippen molar-refractivity contribution in [3.05, 3.63) is 0 Å². The number of aliphatic hydroxyl groups excluding tert-OH is 4. The molecule has 0 unspecified atom stereocenters. The monoisotopic (exact) mass is 706 g/mol. The Labute approximate surface area is 307 Å². The van der Waals surface area contributed by atoms with E-state index in [4.69, 9.17) is 0 Å². The first-order chi connectivity index (χ1) is 22.9. The van der Waals surface area contributed by atoms with Gasteiger partial charge < -0.3 is 37.3 Å². The van der Waals surface area contributed by atoms with Crippen LogP contribution in [0.25, 0.3) is 0 Å². The van der Waals surface area contributed by atoms with E-state index in [1.807, 2.05) is 0 Å². The fourth-order valence-corrected chi connectivity index (χ4v) is 7.30. The second-order valence-electron chi connectivity index (χ2n) is 15.7. The lowest BCUT2D eigenvalue weighted by Gasteiger charge is -2.38. The summed E-state index contributed by atoms with van der Waals surface area (Å²) in [5, 5.41) is 40.1. The van der Waals surface area contributed by atoms with Crippen molar-refractivity contribution in [2.45, 2.75) is 238 Å². The number of halogens is 1. The predicted molar refractivity (Wildman–Crippen MR) is 205 cm³/mol. The second kappa shape index (κ2) is 38.3. The van der Waals surface area contributed by atoms with Crippen LogP contribution >= 0.6 is 0 Å². The molecule has 0 heterocycles. The third-order valence-corrected chi connectivity index (χ3v) is 10.7. The van der Waals surface area contributed by atoms with Crippen molar-refractivity contribution in [3.63, 3.8) is 0 Å². The zero-order valence-corrected chi connectivity index (χ0v) is 33.6. The van der Waals surface area contributed by atoms with Crippen molar-refractivity contribution in [2.75, 3.05) is 33.3 Å². The Morgan fingerprint density at radius 1 is 0.375 bits per heavy atom. The lowest BCUT2D eigenvalue weighted by molar-refractivity contribution is -0.913.